The fourth-order valence-corrected chi connectivity index (χ4v) is 6.13. The number of rotatable bonds is 13. The molecule has 0 aliphatic rings. The topological polar surface area (TPSA) is 179 Å². The predicted molar refractivity (Wildman–Crippen MR) is 194 cm³/mol. The largest absolute Gasteiger partial charge is 0.324 e. The molecule has 17 heteroatoms. The van der Waals surface area contributed by atoms with Gasteiger partial charge in [-0.3, -0.25) is 10.9 Å². The molecule has 0 aliphatic carbocycles. The monoisotopic (exact) mass is 733 g/mol. The van der Waals surface area contributed by atoms with Crippen molar-refractivity contribution in [1.29, 1.82) is 0 Å². The molecule has 0 unspecified atom stereocenters. The second kappa shape index (κ2) is 15.5. The Balaban J connectivity index is 1.60. The van der Waals surface area contributed by atoms with E-state index in [2.05, 4.69) is 45.8 Å². The van der Waals surface area contributed by atoms with Crippen LogP contribution in [0.2, 0.25) is 0 Å². The maximum atomic E-state index is 15.5. The zero-order chi connectivity index (χ0) is 36.8. The summed E-state index contributed by atoms with van der Waals surface area (Å²) in [4.78, 5) is 9.30. The minimum Gasteiger partial charge on any atom is -0.324 e. The molecule has 0 bridgehead atoms. The van der Waals surface area contributed by atoms with Crippen molar-refractivity contribution in [2.75, 3.05) is 30.3 Å². The number of aromatic nitrogens is 2. The minimum atomic E-state index is -3.65. The summed E-state index contributed by atoms with van der Waals surface area (Å²) in [7, 11) is -4.67. The second-order valence-electron chi connectivity index (χ2n) is 10.8. The second-order valence-corrected chi connectivity index (χ2v) is 14.6. The number of nitrogens with one attached hydrogen (secondary N) is 5. The molecule has 1 aromatic heterocycles. The van der Waals surface area contributed by atoms with Crippen LogP contribution in [0.3, 0.4) is 0 Å². The zero-order valence-corrected chi connectivity index (χ0v) is 29.4. The third kappa shape index (κ3) is 8.76. The summed E-state index contributed by atoms with van der Waals surface area (Å²) in [5.74, 6) is -1.60. The molecule has 0 aliphatic heterocycles. The summed E-state index contributed by atoms with van der Waals surface area (Å²) in [5.41, 5.74) is 8.39. The van der Waals surface area contributed by atoms with Crippen molar-refractivity contribution < 1.29 is 25.6 Å². The normalized spacial score (nSPS) is 12.4. The van der Waals surface area contributed by atoms with Gasteiger partial charge in [-0.1, -0.05) is 42.5 Å². The van der Waals surface area contributed by atoms with Crippen molar-refractivity contribution in [3.63, 3.8) is 0 Å². The van der Waals surface area contributed by atoms with E-state index in [9.17, 15) is 21.2 Å². The van der Waals surface area contributed by atoms with Crippen LogP contribution in [0.1, 0.15) is 25.0 Å². The van der Waals surface area contributed by atoms with Gasteiger partial charge in [0.1, 0.15) is 11.6 Å². The zero-order valence-electron chi connectivity index (χ0n) is 27.7. The summed E-state index contributed by atoms with van der Waals surface area (Å²) in [5, 5.41) is 12.0. The first-order chi connectivity index (χ1) is 24.3. The molecule has 0 radical (unpaired) electrons. The molecule has 51 heavy (non-hydrogen) atoms. The number of halogens is 2. The lowest BCUT2D eigenvalue weighted by atomic mass is 10.1. The summed E-state index contributed by atoms with van der Waals surface area (Å²) in [6.07, 6.45) is 0. The quantitative estimate of drug-likeness (QED) is 0.0755. The maximum absolute atomic E-state index is 15.5. The Hall–Kier alpha value is -5.62. The fraction of sp³-hybridized carbons (Fsp3) is 0.118. The average molecular weight is 734 g/mol. The molecule has 0 spiro atoms. The third-order valence-corrected chi connectivity index (χ3v) is 10.4. The van der Waals surface area contributed by atoms with Gasteiger partial charge in [-0.15, -0.1) is 0 Å². The first kappa shape index (κ1) is 36.7. The highest BCUT2D eigenvalue weighted by molar-refractivity contribution is 7.89. The van der Waals surface area contributed by atoms with Crippen molar-refractivity contribution in [3.8, 4) is 11.1 Å². The molecule has 0 amide bonds. The van der Waals surface area contributed by atoms with Crippen LogP contribution in [0.15, 0.2) is 117 Å². The highest BCUT2D eigenvalue weighted by Crippen LogP contribution is 2.37. The maximum Gasteiger partial charge on any atom is 0.240 e. The Morgan fingerprint density at radius 3 is 1.55 bits per heavy atom. The molecule has 0 saturated carbocycles. The van der Waals surface area contributed by atoms with E-state index in [1.165, 1.54) is 44.4 Å². The Morgan fingerprint density at radius 2 is 1.12 bits per heavy atom. The molecule has 0 atom stereocenters. The Morgan fingerprint density at radius 1 is 0.647 bits per heavy atom. The first-order valence-corrected chi connectivity index (χ1v) is 18.2. The lowest BCUT2D eigenvalue weighted by Crippen LogP contribution is -2.18. The van der Waals surface area contributed by atoms with E-state index in [0.717, 1.165) is 12.1 Å². The van der Waals surface area contributed by atoms with E-state index in [-0.39, 0.29) is 38.5 Å². The summed E-state index contributed by atoms with van der Waals surface area (Å²) in [6.45, 7) is 3.36. The lowest BCUT2D eigenvalue weighted by Gasteiger charge is -2.17. The number of para-hydroxylation sites is 1. The number of nitrogens with zero attached hydrogens (tertiary/aromatic N) is 4. The first-order valence-electron chi connectivity index (χ1n) is 15.2. The SMILES string of the molecule is CNS(=O)(=O)c1ccc(C(C)=NNc2nc(Nc3ccccc3)nc(NN=C(C)c3ccc(S(=O)(=O)NC)cc3)c2-c2ccc(F)cc2F)cc1. The van der Waals surface area contributed by atoms with Gasteiger partial charge in [-0.2, -0.15) is 20.2 Å². The summed E-state index contributed by atoms with van der Waals surface area (Å²) in [6, 6.07) is 24.1. The van der Waals surface area contributed by atoms with Gasteiger partial charge in [0.2, 0.25) is 26.0 Å². The van der Waals surface area contributed by atoms with Crippen LogP contribution in [0.25, 0.3) is 11.1 Å². The van der Waals surface area contributed by atoms with E-state index in [1.54, 1.807) is 50.2 Å². The molecule has 0 fully saturated rings. The van der Waals surface area contributed by atoms with Gasteiger partial charge in [0.15, 0.2) is 11.6 Å². The summed E-state index contributed by atoms with van der Waals surface area (Å²) < 4.78 is 82.8. The van der Waals surface area contributed by atoms with E-state index < -0.39 is 31.7 Å². The average Bonchev–Trinajstić information content (AvgIpc) is 3.13. The van der Waals surface area contributed by atoms with Crippen molar-refractivity contribution in [1.82, 2.24) is 19.4 Å². The highest BCUT2D eigenvalue weighted by Gasteiger charge is 2.21. The van der Waals surface area contributed by atoms with Crippen LogP contribution in [0.5, 0.6) is 0 Å². The number of hydrogen-bond acceptors (Lipinski definition) is 11. The van der Waals surface area contributed by atoms with Crippen LogP contribution in [0, 0.1) is 11.6 Å². The molecular weight excluding hydrogens is 701 g/mol. The van der Waals surface area contributed by atoms with E-state index >= 15 is 4.39 Å². The predicted octanol–water partition coefficient (Wildman–Crippen LogP) is 5.65. The van der Waals surface area contributed by atoms with Crippen molar-refractivity contribution in [3.05, 3.63) is 120 Å². The van der Waals surface area contributed by atoms with Crippen molar-refractivity contribution in [2.24, 2.45) is 10.2 Å². The standard InChI is InChI=1S/C34H33F2N9O4S2/c1-21(23-10-15-27(16-11-23)50(46,47)37-3)42-44-32-31(29-19-14-25(35)20-30(29)36)33(41-34(40-32)39-26-8-6-5-7-9-26)45-43-22(2)24-12-17-28(18-13-24)51(48,49)38-4/h5-20,37-38H,1-4H3,(H3,39,40,41,44,45). The van der Waals surface area contributed by atoms with Crippen LogP contribution < -0.4 is 25.6 Å². The fourth-order valence-electron chi connectivity index (χ4n) is 4.67. The number of hydrogen-bond donors (Lipinski definition) is 5. The Kier molecular flexibility index (Phi) is 11.1. The van der Waals surface area contributed by atoms with Crippen molar-refractivity contribution in [2.45, 2.75) is 23.6 Å². The molecule has 5 N–H and O–H groups in total. The van der Waals surface area contributed by atoms with Crippen molar-refractivity contribution >= 4 is 54.7 Å². The molecule has 5 rings (SSSR count). The van der Waals surface area contributed by atoms with Gasteiger partial charge >= 0.3 is 0 Å². The van der Waals surface area contributed by atoms with Gasteiger partial charge in [-0.05, 0) is 87.6 Å². The Bertz CT molecular complexity index is 2210. The minimum absolute atomic E-state index is 0.0136. The molecule has 0 saturated heterocycles. The number of benzene rings is 4. The van der Waals surface area contributed by atoms with Gasteiger partial charge < -0.3 is 5.32 Å². The number of sulfonamides is 2. The van der Waals surface area contributed by atoms with Crippen LogP contribution in [-0.2, 0) is 20.0 Å². The third-order valence-electron chi connectivity index (χ3n) is 7.50. The van der Waals surface area contributed by atoms with Crippen LogP contribution in [-0.4, -0.2) is 52.3 Å². The molecule has 5 aromatic rings. The van der Waals surface area contributed by atoms with E-state index in [0.29, 0.717) is 28.2 Å². The number of hydrazone groups is 2. The van der Waals surface area contributed by atoms with E-state index in [1.807, 2.05) is 18.2 Å². The highest BCUT2D eigenvalue weighted by atomic mass is 32.2. The van der Waals surface area contributed by atoms with Gasteiger partial charge in [0.25, 0.3) is 0 Å². The van der Waals surface area contributed by atoms with Crippen LogP contribution >= 0.6 is 0 Å². The van der Waals surface area contributed by atoms with Gasteiger partial charge in [0, 0.05) is 17.3 Å². The summed E-state index contributed by atoms with van der Waals surface area (Å²) >= 11 is 0. The lowest BCUT2D eigenvalue weighted by molar-refractivity contribution is 0.585. The van der Waals surface area contributed by atoms with Crippen LogP contribution in [0.4, 0.5) is 32.1 Å². The molecule has 1 heterocycles. The van der Waals surface area contributed by atoms with E-state index in [4.69, 9.17) is 0 Å². The Labute approximate surface area is 294 Å². The molecule has 4 aromatic carbocycles. The molecule has 264 valence electrons. The van der Waals surface area contributed by atoms with Gasteiger partial charge in [-0.25, -0.2) is 35.1 Å². The number of anilines is 4. The smallest absolute Gasteiger partial charge is 0.240 e. The van der Waals surface area contributed by atoms with Gasteiger partial charge in [0.05, 0.1) is 26.8 Å². The molecular formula is C34H33F2N9O4S2. The molecule has 13 nitrogen and oxygen atoms in total.